The molecule has 2 heterocycles. The van der Waals surface area contributed by atoms with E-state index < -0.39 is 0 Å². The van der Waals surface area contributed by atoms with E-state index in [0.29, 0.717) is 17.3 Å². The lowest BCUT2D eigenvalue weighted by Crippen LogP contribution is -1.98. The van der Waals surface area contributed by atoms with E-state index in [1.165, 1.54) is 0 Å². The normalized spacial score (nSPS) is 11.1. The highest BCUT2D eigenvalue weighted by atomic mass is 15.1. The van der Waals surface area contributed by atoms with Crippen LogP contribution in [0.2, 0.25) is 0 Å². The number of hydrogen-bond acceptors (Lipinski definition) is 4. The average Bonchev–Trinajstić information content (AvgIpc) is 2.82. The van der Waals surface area contributed by atoms with Crippen molar-refractivity contribution < 1.29 is 0 Å². The standard InChI is InChI=1S/C12H13N5/c1-4-8(2)5-6-9-16-11(13-3)10-12(17-9)15-7-14-10/h4,7H,1-3H3,(H2,13,14,15,16,17)/b8-4+. The van der Waals surface area contributed by atoms with Crippen LogP contribution in [0.25, 0.3) is 11.2 Å². The number of allylic oxidation sites excluding steroid dienone is 2. The van der Waals surface area contributed by atoms with Gasteiger partial charge in [0, 0.05) is 7.05 Å². The van der Waals surface area contributed by atoms with Gasteiger partial charge in [0.15, 0.2) is 11.5 Å². The van der Waals surface area contributed by atoms with Crippen LogP contribution in [0.3, 0.4) is 0 Å². The number of nitrogens with zero attached hydrogens (tertiary/aromatic N) is 3. The zero-order valence-corrected chi connectivity index (χ0v) is 10.00. The summed E-state index contributed by atoms with van der Waals surface area (Å²) in [6.07, 6.45) is 3.54. The predicted octanol–water partition coefficient (Wildman–Crippen LogP) is 1.71. The molecule has 0 amide bonds. The van der Waals surface area contributed by atoms with Gasteiger partial charge in [-0.1, -0.05) is 12.0 Å². The fourth-order valence-electron chi connectivity index (χ4n) is 1.30. The minimum atomic E-state index is 0.468. The molecule has 5 heteroatoms. The molecule has 0 saturated heterocycles. The fraction of sp³-hybridized carbons (Fsp3) is 0.250. The maximum Gasteiger partial charge on any atom is 0.209 e. The smallest absolute Gasteiger partial charge is 0.209 e. The van der Waals surface area contributed by atoms with Crippen molar-refractivity contribution in [3.8, 4) is 11.8 Å². The van der Waals surface area contributed by atoms with Gasteiger partial charge in [0.05, 0.1) is 6.33 Å². The van der Waals surface area contributed by atoms with Crippen molar-refractivity contribution in [1.82, 2.24) is 19.9 Å². The number of anilines is 1. The third-order valence-electron chi connectivity index (χ3n) is 2.33. The number of aromatic nitrogens is 4. The van der Waals surface area contributed by atoms with E-state index in [0.717, 1.165) is 11.1 Å². The monoisotopic (exact) mass is 227 g/mol. The van der Waals surface area contributed by atoms with Gasteiger partial charge in [-0.05, 0) is 25.3 Å². The quantitative estimate of drug-likeness (QED) is 0.728. The second-order valence-corrected chi connectivity index (χ2v) is 3.47. The number of aromatic amines is 1. The SMILES string of the molecule is C/C=C(\C)C#Cc1nc(NC)c2[nH]cnc2n1. The topological polar surface area (TPSA) is 66.5 Å². The van der Waals surface area contributed by atoms with Crippen LogP contribution in [-0.4, -0.2) is 27.0 Å². The van der Waals surface area contributed by atoms with Gasteiger partial charge in [-0.25, -0.2) is 9.97 Å². The predicted molar refractivity (Wildman–Crippen MR) is 67.5 cm³/mol. The summed E-state index contributed by atoms with van der Waals surface area (Å²) in [5.74, 6) is 7.07. The lowest BCUT2D eigenvalue weighted by Gasteiger charge is -1.99. The van der Waals surface area contributed by atoms with E-state index in [1.807, 2.05) is 19.9 Å². The zero-order valence-electron chi connectivity index (χ0n) is 10.00. The molecule has 0 aliphatic carbocycles. The first-order valence-electron chi connectivity index (χ1n) is 5.28. The molecule has 86 valence electrons. The molecular weight excluding hydrogens is 214 g/mol. The molecule has 17 heavy (non-hydrogen) atoms. The summed E-state index contributed by atoms with van der Waals surface area (Å²) in [5, 5.41) is 2.99. The Bertz CT molecular complexity index is 627. The highest BCUT2D eigenvalue weighted by Crippen LogP contribution is 2.15. The van der Waals surface area contributed by atoms with Crippen LogP contribution in [0, 0.1) is 11.8 Å². The first-order chi connectivity index (χ1) is 8.24. The highest BCUT2D eigenvalue weighted by Gasteiger charge is 2.06. The van der Waals surface area contributed by atoms with Crippen molar-refractivity contribution in [2.45, 2.75) is 13.8 Å². The van der Waals surface area contributed by atoms with E-state index in [1.54, 1.807) is 13.4 Å². The van der Waals surface area contributed by atoms with Gasteiger partial charge in [-0.15, -0.1) is 0 Å². The van der Waals surface area contributed by atoms with Gasteiger partial charge in [-0.2, -0.15) is 4.98 Å². The van der Waals surface area contributed by atoms with Crippen molar-refractivity contribution in [3.05, 3.63) is 23.8 Å². The Kier molecular flexibility index (Phi) is 3.06. The largest absolute Gasteiger partial charge is 0.371 e. The minimum Gasteiger partial charge on any atom is -0.371 e. The molecule has 2 aromatic rings. The number of H-pyrrole nitrogens is 1. The second-order valence-electron chi connectivity index (χ2n) is 3.47. The average molecular weight is 227 g/mol. The van der Waals surface area contributed by atoms with Gasteiger partial charge in [0.2, 0.25) is 5.82 Å². The van der Waals surface area contributed by atoms with E-state index in [9.17, 15) is 0 Å². The van der Waals surface area contributed by atoms with Crippen molar-refractivity contribution in [1.29, 1.82) is 0 Å². The molecule has 0 saturated carbocycles. The molecule has 0 atom stereocenters. The lowest BCUT2D eigenvalue weighted by atomic mass is 10.3. The zero-order chi connectivity index (χ0) is 12.3. The van der Waals surface area contributed by atoms with Crippen LogP contribution in [0.1, 0.15) is 19.7 Å². The molecule has 0 aliphatic heterocycles. The van der Waals surface area contributed by atoms with Gasteiger partial charge in [0.1, 0.15) is 5.52 Å². The Labute approximate surface area is 99.4 Å². The number of rotatable bonds is 1. The van der Waals surface area contributed by atoms with Crippen LogP contribution in [0.15, 0.2) is 18.0 Å². The summed E-state index contributed by atoms with van der Waals surface area (Å²) in [7, 11) is 1.80. The van der Waals surface area contributed by atoms with E-state index in [-0.39, 0.29) is 0 Å². The number of hydrogen-bond donors (Lipinski definition) is 2. The van der Waals surface area contributed by atoms with Crippen molar-refractivity contribution in [2.24, 2.45) is 0 Å². The first-order valence-corrected chi connectivity index (χ1v) is 5.28. The summed E-state index contributed by atoms with van der Waals surface area (Å²) >= 11 is 0. The van der Waals surface area contributed by atoms with Gasteiger partial charge >= 0.3 is 0 Å². The van der Waals surface area contributed by atoms with Crippen LogP contribution in [0.5, 0.6) is 0 Å². The first kappa shape index (κ1) is 11.1. The Morgan fingerprint density at radius 2 is 2.29 bits per heavy atom. The molecule has 2 rings (SSSR count). The lowest BCUT2D eigenvalue weighted by molar-refractivity contribution is 1.15. The number of imidazole rings is 1. The summed E-state index contributed by atoms with van der Waals surface area (Å²) < 4.78 is 0. The minimum absolute atomic E-state index is 0.468. The number of nitrogens with one attached hydrogen (secondary N) is 2. The molecule has 0 unspecified atom stereocenters. The molecule has 0 radical (unpaired) electrons. The van der Waals surface area contributed by atoms with E-state index >= 15 is 0 Å². The Hall–Kier alpha value is -2.35. The van der Waals surface area contributed by atoms with Gasteiger partial charge in [-0.3, -0.25) is 0 Å². The summed E-state index contributed by atoms with van der Waals surface area (Å²) in [4.78, 5) is 15.6. The third-order valence-corrected chi connectivity index (χ3v) is 2.33. The fourth-order valence-corrected chi connectivity index (χ4v) is 1.30. The van der Waals surface area contributed by atoms with Crippen molar-refractivity contribution in [2.75, 3.05) is 12.4 Å². The third kappa shape index (κ3) is 2.26. The molecule has 0 aromatic carbocycles. The van der Waals surface area contributed by atoms with Crippen LogP contribution >= 0.6 is 0 Å². The summed E-state index contributed by atoms with van der Waals surface area (Å²) in [6.45, 7) is 3.89. The van der Waals surface area contributed by atoms with Crippen LogP contribution in [0.4, 0.5) is 5.82 Å². The maximum absolute atomic E-state index is 4.30. The van der Waals surface area contributed by atoms with E-state index in [4.69, 9.17) is 0 Å². The summed E-state index contributed by atoms with van der Waals surface area (Å²) in [6, 6.07) is 0. The Morgan fingerprint density at radius 1 is 1.47 bits per heavy atom. The molecule has 2 aromatic heterocycles. The Balaban J connectivity index is 2.51. The maximum atomic E-state index is 4.30. The highest BCUT2D eigenvalue weighted by molar-refractivity contribution is 5.82. The molecule has 5 nitrogen and oxygen atoms in total. The molecule has 2 N–H and O–H groups in total. The number of fused-ring (bicyclic) bond motifs is 1. The van der Waals surface area contributed by atoms with Gasteiger partial charge in [0.25, 0.3) is 0 Å². The Morgan fingerprint density at radius 3 is 3.00 bits per heavy atom. The second kappa shape index (κ2) is 4.66. The molecular formula is C12H13N5. The molecule has 0 spiro atoms. The van der Waals surface area contributed by atoms with Crippen LogP contribution < -0.4 is 5.32 Å². The molecule has 0 aliphatic rings. The molecule has 0 bridgehead atoms. The summed E-state index contributed by atoms with van der Waals surface area (Å²) in [5.41, 5.74) is 2.40. The van der Waals surface area contributed by atoms with E-state index in [2.05, 4.69) is 37.1 Å². The van der Waals surface area contributed by atoms with Crippen molar-refractivity contribution in [3.63, 3.8) is 0 Å². The van der Waals surface area contributed by atoms with Crippen LogP contribution in [-0.2, 0) is 0 Å². The van der Waals surface area contributed by atoms with Crippen molar-refractivity contribution >= 4 is 17.0 Å². The molecule has 0 fully saturated rings. The van der Waals surface area contributed by atoms with Gasteiger partial charge < -0.3 is 10.3 Å².